The maximum Gasteiger partial charge on any atom is 0.490 e. The average Bonchev–Trinajstić information content (AvgIpc) is 3.29. The Kier molecular flexibility index (Phi) is 7.66. The van der Waals surface area contributed by atoms with Crippen LogP contribution in [0.25, 0.3) is 0 Å². The third-order valence-corrected chi connectivity index (χ3v) is 6.08. The Morgan fingerprint density at radius 3 is 2.53 bits per heavy atom. The molecule has 0 atom stereocenters. The third-order valence-electron chi connectivity index (χ3n) is 4.26. The highest BCUT2D eigenvalue weighted by Gasteiger charge is 2.38. The van der Waals surface area contributed by atoms with Gasteiger partial charge in [0.2, 0.25) is 10.0 Å². The number of rotatable bonds is 6. The van der Waals surface area contributed by atoms with E-state index in [9.17, 15) is 21.6 Å². The molecule has 0 saturated carbocycles. The van der Waals surface area contributed by atoms with Crippen molar-refractivity contribution in [2.24, 2.45) is 0 Å². The molecule has 2 aromatic heterocycles. The Morgan fingerprint density at radius 1 is 1.33 bits per heavy atom. The van der Waals surface area contributed by atoms with E-state index in [2.05, 4.69) is 14.5 Å². The van der Waals surface area contributed by atoms with Crippen molar-refractivity contribution < 1.29 is 35.9 Å². The number of sulfonamides is 1. The summed E-state index contributed by atoms with van der Waals surface area (Å²) in [6.45, 7) is 4.61. The number of hydrogen-bond donors (Lipinski definition) is 1. The second-order valence-corrected chi connectivity index (χ2v) is 8.89. The van der Waals surface area contributed by atoms with Gasteiger partial charge in [0.05, 0.1) is 30.8 Å². The van der Waals surface area contributed by atoms with Crippen molar-refractivity contribution in [2.75, 3.05) is 19.3 Å². The molecular weight excluding hydrogens is 429 g/mol. The first kappa shape index (κ1) is 23.9. The van der Waals surface area contributed by atoms with E-state index >= 15 is 0 Å². The lowest BCUT2D eigenvalue weighted by Crippen LogP contribution is -2.39. The number of aliphatic carboxylic acids is 1. The molecule has 1 aliphatic rings. The minimum Gasteiger partial charge on any atom is -0.475 e. The van der Waals surface area contributed by atoms with Crippen LogP contribution in [0.2, 0.25) is 0 Å². The van der Waals surface area contributed by atoms with Crippen LogP contribution in [0.3, 0.4) is 0 Å². The molecule has 13 heteroatoms. The number of aromatic nitrogens is 2. The maximum atomic E-state index is 12.0. The quantitative estimate of drug-likeness (QED) is 0.713. The van der Waals surface area contributed by atoms with Gasteiger partial charge in [0.25, 0.3) is 0 Å². The molecule has 0 amide bonds. The van der Waals surface area contributed by atoms with E-state index in [4.69, 9.17) is 14.3 Å². The van der Waals surface area contributed by atoms with E-state index in [1.54, 1.807) is 13.2 Å². The van der Waals surface area contributed by atoms with E-state index in [0.717, 1.165) is 17.3 Å². The molecule has 0 fully saturated rings. The van der Waals surface area contributed by atoms with Gasteiger partial charge in [-0.2, -0.15) is 17.5 Å². The molecule has 3 rings (SSSR count). The number of halogens is 3. The van der Waals surface area contributed by atoms with Crippen molar-refractivity contribution in [1.82, 2.24) is 18.8 Å². The summed E-state index contributed by atoms with van der Waals surface area (Å²) in [5.41, 5.74) is 0.949. The van der Waals surface area contributed by atoms with Crippen molar-refractivity contribution in [1.29, 1.82) is 0 Å². The van der Waals surface area contributed by atoms with Gasteiger partial charge in [-0.25, -0.2) is 18.2 Å². The molecule has 0 unspecified atom stereocenters. The smallest absolute Gasteiger partial charge is 0.475 e. The Hall–Kier alpha value is -2.38. The lowest BCUT2D eigenvalue weighted by atomic mass is 10.4. The summed E-state index contributed by atoms with van der Waals surface area (Å²) in [6, 6.07) is 3.82. The van der Waals surface area contributed by atoms with Crippen molar-refractivity contribution >= 4 is 16.0 Å². The van der Waals surface area contributed by atoms with Crippen LogP contribution < -0.4 is 0 Å². The highest BCUT2D eigenvalue weighted by atomic mass is 32.2. The van der Waals surface area contributed by atoms with Gasteiger partial charge in [-0.3, -0.25) is 4.90 Å². The first-order chi connectivity index (χ1) is 13.9. The van der Waals surface area contributed by atoms with E-state index in [1.807, 2.05) is 25.4 Å². The Balaban J connectivity index is 0.000000396. The zero-order chi connectivity index (χ0) is 22.5. The number of imidazole rings is 1. The van der Waals surface area contributed by atoms with E-state index < -0.39 is 22.2 Å². The molecule has 0 radical (unpaired) electrons. The average molecular weight is 452 g/mol. The second-order valence-electron chi connectivity index (χ2n) is 6.63. The molecule has 0 bridgehead atoms. The number of carboxylic acids is 1. The first-order valence-corrected chi connectivity index (χ1v) is 10.6. The molecule has 9 nitrogen and oxygen atoms in total. The number of alkyl halides is 3. The number of nitrogens with zero attached hydrogens (tertiary/aromatic N) is 4. The van der Waals surface area contributed by atoms with Gasteiger partial charge in [0.1, 0.15) is 11.6 Å². The van der Waals surface area contributed by atoms with Gasteiger partial charge in [-0.1, -0.05) is 0 Å². The number of carbonyl (C=O) groups is 1. The van der Waals surface area contributed by atoms with Gasteiger partial charge >= 0.3 is 12.1 Å². The monoisotopic (exact) mass is 452 g/mol. The van der Waals surface area contributed by atoms with Crippen LogP contribution in [-0.2, 0) is 41.0 Å². The summed E-state index contributed by atoms with van der Waals surface area (Å²) in [5, 5.41) is 7.12. The topological polar surface area (TPSA) is 109 Å². The highest BCUT2D eigenvalue weighted by molar-refractivity contribution is 7.89. The number of fused-ring (bicyclic) bond motifs is 1. The van der Waals surface area contributed by atoms with E-state index in [1.165, 1.54) is 4.31 Å². The van der Waals surface area contributed by atoms with Crippen LogP contribution >= 0.6 is 0 Å². The fourth-order valence-electron chi connectivity index (χ4n) is 2.79. The molecule has 0 aromatic carbocycles. The van der Waals surface area contributed by atoms with Crippen LogP contribution in [0.15, 0.2) is 29.0 Å². The predicted octanol–water partition coefficient (Wildman–Crippen LogP) is 1.91. The van der Waals surface area contributed by atoms with Gasteiger partial charge in [0.15, 0.2) is 0 Å². The molecular formula is C17H23F3N4O5S. The van der Waals surface area contributed by atoms with E-state index in [-0.39, 0.29) is 5.75 Å². The van der Waals surface area contributed by atoms with Gasteiger partial charge in [-0.15, -0.1) is 0 Å². The van der Waals surface area contributed by atoms with Crippen LogP contribution in [0.4, 0.5) is 13.2 Å². The highest BCUT2D eigenvalue weighted by Crippen LogP contribution is 2.17. The zero-order valence-corrected chi connectivity index (χ0v) is 17.3. The molecule has 3 heterocycles. The predicted molar refractivity (Wildman–Crippen MR) is 99.7 cm³/mol. The van der Waals surface area contributed by atoms with Crippen LogP contribution in [0.1, 0.15) is 24.2 Å². The summed E-state index contributed by atoms with van der Waals surface area (Å²) in [4.78, 5) is 15.6. The fourth-order valence-corrected chi connectivity index (χ4v) is 3.82. The zero-order valence-electron chi connectivity index (χ0n) is 16.5. The standard InChI is InChI=1S/C15H22N4O3S.C2HF3O2/c1-3-23(20,21)19-7-6-18-10-13(16-15(18)12-19)9-17(2)11-14-5-4-8-22-14;3-2(4,5)1(6)7/h4-5,8,10H,3,6-7,9,11-12H2,1-2H3;(H,6,7). The molecule has 1 aliphatic heterocycles. The van der Waals surface area contributed by atoms with Gasteiger partial charge in [0, 0.05) is 25.8 Å². The SMILES string of the molecule is CCS(=O)(=O)N1CCn2cc(CN(C)Cc3ccco3)nc2C1.O=C(O)C(F)(F)F. The molecule has 0 aliphatic carbocycles. The molecule has 1 N–H and O–H groups in total. The molecule has 2 aromatic rings. The van der Waals surface area contributed by atoms with Gasteiger partial charge < -0.3 is 14.1 Å². The molecule has 0 saturated heterocycles. The van der Waals surface area contributed by atoms with Crippen LogP contribution in [0, 0.1) is 0 Å². The number of hydrogen-bond acceptors (Lipinski definition) is 6. The maximum absolute atomic E-state index is 12.0. The minimum atomic E-state index is -5.08. The Morgan fingerprint density at radius 2 is 2.00 bits per heavy atom. The van der Waals surface area contributed by atoms with Crippen molar-refractivity contribution in [3.8, 4) is 0 Å². The van der Waals surface area contributed by atoms with Crippen LogP contribution in [-0.4, -0.2) is 63.8 Å². The molecule has 0 spiro atoms. The summed E-state index contributed by atoms with van der Waals surface area (Å²) in [7, 11) is -1.15. The number of furan rings is 1. The second kappa shape index (κ2) is 9.62. The fraction of sp³-hybridized carbons (Fsp3) is 0.529. The molecule has 30 heavy (non-hydrogen) atoms. The number of carboxylic acid groups (broad SMARTS) is 1. The Bertz CT molecular complexity index is 941. The summed E-state index contributed by atoms with van der Waals surface area (Å²) >= 11 is 0. The Labute approximate surface area is 171 Å². The first-order valence-electron chi connectivity index (χ1n) is 8.96. The summed E-state index contributed by atoms with van der Waals surface area (Å²) in [6.07, 6.45) is -1.40. The largest absolute Gasteiger partial charge is 0.490 e. The van der Waals surface area contributed by atoms with Crippen molar-refractivity contribution in [3.05, 3.63) is 41.9 Å². The van der Waals surface area contributed by atoms with Gasteiger partial charge in [-0.05, 0) is 26.1 Å². The lowest BCUT2D eigenvalue weighted by molar-refractivity contribution is -0.192. The van der Waals surface area contributed by atoms with Crippen LogP contribution in [0.5, 0.6) is 0 Å². The molecule has 168 valence electrons. The normalized spacial score (nSPS) is 14.9. The van der Waals surface area contributed by atoms with E-state index in [0.29, 0.717) is 32.7 Å². The van der Waals surface area contributed by atoms with Crippen molar-refractivity contribution in [2.45, 2.75) is 39.3 Å². The summed E-state index contributed by atoms with van der Waals surface area (Å²) in [5.74, 6) is -0.897. The minimum absolute atomic E-state index is 0.131. The third kappa shape index (κ3) is 6.57. The lowest BCUT2D eigenvalue weighted by Gasteiger charge is -2.26. The van der Waals surface area contributed by atoms with Crippen molar-refractivity contribution in [3.63, 3.8) is 0 Å². The summed E-state index contributed by atoms with van der Waals surface area (Å²) < 4.78 is 64.6.